The topological polar surface area (TPSA) is 24.5 Å². The first-order valence-electron chi connectivity index (χ1n) is 9.72. The molecular weight excluding hydrogens is 391 g/mol. The molecule has 3 nitrogen and oxygen atoms in total. The Morgan fingerprint density at radius 3 is 2.35 bits per heavy atom. The van der Waals surface area contributed by atoms with Crippen LogP contribution in [-0.2, 0) is 3.84 Å². The van der Waals surface area contributed by atoms with Gasteiger partial charge >= 0.3 is 0 Å². The molecule has 2 aliphatic rings. The van der Waals surface area contributed by atoms with Crippen molar-refractivity contribution < 1.29 is 3.84 Å². The van der Waals surface area contributed by atoms with Crippen LogP contribution < -0.4 is 5.32 Å². The van der Waals surface area contributed by atoms with Gasteiger partial charge in [-0.2, -0.15) is 3.84 Å². The lowest BCUT2D eigenvalue weighted by Gasteiger charge is -2.38. The van der Waals surface area contributed by atoms with E-state index < -0.39 is 0 Å². The molecule has 0 radical (unpaired) electrons. The molecule has 1 aliphatic heterocycles. The summed E-state index contributed by atoms with van der Waals surface area (Å²) in [6, 6.07) is 9.35. The zero-order chi connectivity index (χ0) is 18.8. The maximum absolute atomic E-state index is 6.29. The van der Waals surface area contributed by atoms with E-state index in [1.165, 1.54) is 70.1 Å². The van der Waals surface area contributed by atoms with Gasteiger partial charge in [0.1, 0.15) is 0 Å². The molecule has 0 bridgehead atoms. The van der Waals surface area contributed by atoms with Crippen LogP contribution in [0.4, 0.5) is 0 Å². The van der Waals surface area contributed by atoms with Gasteiger partial charge in [-0.05, 0) is 75.4 Å². The minimum absolute atomic E-state index is 0.653. The first-order chi connectivity index (χ1) is 12.7. The molecule has 1 aromatic carbocycles. The van der Waals surface area contributed by atoms with Gasteiger partial charge in [0.15, 0.2) is 0 Å². The smallest absolute Gasteiger partial charge is 0.0832 e. The van der Waals surface area contributed by atoms with Crippen molar-refractivity contribution in [3.8, 4) is 0 Å². The number of hydrogen-bond donors (Lipinski definition) is 1. The monoisotopic (exact) mass is 420 g/mol. The molecule has 26 heavy (non-hydrogen) atoms. The number of hydrogen-bond acceptors (Lipinski definition) is 3. The average molecular weight is 422 g/mol. The number of nitrogens with one attached hydrogen (secondary N) is 1. The molecule has 1 N–H and O–H groups in total. The Kier molecular flexibility index (Phi) is 10.6. The van der Waals surface area contributed by atoms with Crippen molar-refractivity contribution in [3.63, 3.8) is 0 Å². The molecular formula is C20H31Cl3N2O. The predicted octanol–water partition coefficient (Wildman–Crippen LogP) is 6.00. The zero-order valence-corrected chi connectivity index (χ0v) is 17.9. The van der Waals surface area contributed by atoms with E-state index in [9.17, 15) is 0 Å². The van der Waals surface area contributed by atoms with Crippen LogP contribution >= 0.6 is 35.3 Å². The van der Waals surface area contributed by atoms with Crippen molar-refractivity contribution >= 4 is 35.3 Å². The molecule has 0 aromatic heterocycles. The molecule has 0 spiro atoms. The van der Waals surface area contributed by atoms with Crippen molar-refractivity contribution in [3.05, 3.63) is 34.9 Å². The van der Waals surface area contributed by atoms with Crippen molar-refractivity contribution in [2.45, 2.75) is 56.9 Å². The van der Waals surface area contributed by atoms with E-state index in [2.05, 4.69) is 63.0 Å². The maximum Gasteiger partial charge on any atom is 0.0832 e. The van der Waals surface area contributed by atoms with E-state index in [1.807, 2.05) is 6.07 Å². The average Bonchev–Trinajstić information content (AvgIpc) is 2.68. The number of likely N-dealkylation sites (tertiary alicyclic amines) is 1. The van der Waals surface area contributed by atoms with E-state index in [0.717, 1.165) is 10.9 Å². The maximum atomic E-state index is 6.29. The van der Waals surface area contributed by atoms with Crippen molar-refractivity contribution in [1.82, 2.24) is 10.2 Å². The van der Waals surface area contributed by atoms with Crippen LogP contribution in [-0.4, -0.2) is 37.6 Å². The number of rotatable bonds is 5. The summed E-state index contributed by atoms with van der Waals surface area (Å²) in [4.78, 5) is 2.69. The summed E-state index contributed by atoms with van der Waals surface area (Å²) < 4.78 is 3.19. The Morgan fingerprint density at radius 2 is 1.77 bits per heavy atom. The van der Waals surface area contributed by atoms with Crippen LogP contribution in [0.5, 0.6) is 0 Å². The summed E-state index contributed by atoms with van der Waals surface area (Å²) >= 11 is 14.8. The molecule has 0 amide bonds. The van der Waals surface area contributed by atoms with Gasteiger partial charge in [0.2, 0.25) is 0 Å². The fourth-order valence-corrected chi connectivity index (χ4v) is 4.68. The fourth-order valence-electron chi connectivity index (χ4n) is 4.48. The molecule has 6 heteroatoms. The van der Waals surface area contributed by atoms with E-state index in [-0.39, 0.29) is 0 Å². The van der Waals surface area contributed by atoms with E-state index in [0.29, 0.717) is 12.0 Å². The van der Waals surface area contributed by atoms with Crippen LogP contribution in [0.1, 0.15) is 56.4 Å². The Balaban J connectivity index is 0.000000758. The van der Waals surface area contributed by atoms with E-state index in [4.69, 9.17) is 11.6 Å². The van der Waals surface area contributed by atoms with Crippen molar-refractivity contribution in [2.24, 2.45) is 5.92 Å². The summed E-state index contributed by atoms with van der Waals surface area (Å²) in [6.07, 6.45) is 9.58. The molecule has 1 atom stereocenters. The number of piperidine rings is 1. The summed E-state index contributed by atoms with van der Waals surface area (Å²) in [5.41, 5.74) is 1.46. The molecule has 1 aromatic rings. The second-order valence-corrected chi connectivity index (χ2v) is 8.38. The molecule has 3 rings (SSSR count). The molecule has 2 fully saturated rings. The summed E-state index contributed by atoms with van der Waals surface area (Å²) in [5, 5.41) is 4.32. The lowest BCUT2D eigenvalue weighted by Crippen LogP contribution is -2.43. The highest BCUT2D eigenvalue weighted by Gasteiger charge is 2.28. The Bertz CT molecular complexity index is 504. The molecule has 1 saturated carbocycles. The number of halogens is 3. The highest BCUT2D eigenvalue weighted by molar-refractivity contribution is 6.30. The largest absolute Gasteiger partial charge is 0.317 e. The van der Waals surface area contributed by atoms with Gasteiger partial charge in [-0.1, -0.05) is 43.0 Å². The zero-order valence-electron chi connectivity index (χ0n) is 15.6. The number of nitrogens with zero attached hydrogens (tertiary/aromatic N) is 1. The first-order valence-corrected chi connectivity index (χ1v) is 10.7. The third kappa shape index (κ3) is 7.18. The Hall–Kier alpha value is -0.0300. The third-order valence-electron chi connectivity index (χ3n) is 5.95. The summed E-state index contributed by atoms with van der Waals surface area (Å²) in [5.74, 6) is 1.49. The summed E-state index contributed by atoms with van der Waals surface area (Å²) in [6.45, 7) is 3.67. The fraction of sp³-hybridized carbons (Fsp3) is 0.700. The van der Waals surface area contributed by atoms with Gasteiger partial charge < -0.3 is 10.2 Å². The highest BCUT2D eigenvalue weighted by Crippen LogP contribution is 2.37. The second kappa shape index (κ2) is 12.4. The van der Waals surface area contributed by atoms with Crippen LogP contribution in [0, 0.1) is 5.92 Å². The van der Waals surface area contributed by atoms with E-state index >= 15 is 0 Å². The van der Waals surface area contributed by atoms with Crippen LogP contribution in [0.2, 0.25) is 5.02 Å². The van der Waals surface area contributed by atoms with Crippen LogP contribution in [0.15, 0.2) is 24.3 Å². The van der Waals surface area contributed by atoms with Gasteiger partial charge in [-0.25, -0.2) is 0 Å². The van der Waals surface area contributed by atoms with Crippen LogP contribution in [0.25, 0.3) is 0 Å². The SMILES string of the molecule is CNC1CCN(C[C@@H](c2cccc(Cl)c2)C2CCCCC2)CC1.ClOCl. The third-order valence-corrected chi connectivity index (χ3v) is 6.18. The minimum atomic E-state index is 0.653. The molecule has 148 valence electrons. The predicted molar refractivity (Wildman–Crippen MR) is 112 cm³/mol. The van der Waals surface area contributed by atoms with E-state index in [1.54, 1.807) is 0 Å². The second-order valence-electron chi connectivity index (χ2n) is 7.48. The molecule has 1 heterocycles. The van der Waals surface area contributed by atoms with Gasteiger partial charge in [-0.3, -0.25) is 0 Å². The normalized spacial score (nSPS) is 21.1. The standard InChI is InChI=1S/C20H31ClN2.Cl2O/c1-22-19-10-12-23(13-11-19)15-20(16-6-3-2-4-7-16)17-8-5-9-18(21)14-17;1-3-2/h5,8-9,14,16,19-20,22H,2-4,6-7,10-13,15H2,1H3;/t20-;/m1./s1. The quantitative estimate of drug-likeness (QED) is 0.631. The van der Waals surface area contributed by atoms with Crippen molar-refractivity contribution in [2.75, 3.05) is 26.7 Å². The lowest BCUT2D eigenvalue weighted by molar-refractivity contribution is 0.164. The van der Waals surface area contributed by atoms with Gasteiger partial charge in [0, 0.05) is 17.6 Å². The van der Waals surface area contributed by atoms with Gasteiger partial charge in [-0.15, -0.1) is 0 Å². The highest BCUT2D eigenvalue weighted by atomic mass is 35.6. The number of benzene rings is 1. The Morgan fingerprint density at radius 1 is 1.12 bits per heavy atom. The summed E-state index contributed by atoms with van der Waals surface area (Å²) in [7, 11) is 2.09. The molecule has 0 unspecified atom stereocenters. The Labute approximate surface area is 173 Å². The van der Waals surface area contributed by atoms with Crippen molar-refractivity contribution in [1.29, 1.82) is 0 Å². The molecule has 1 aliphatic carbocycles. The van der Waals surface area contributed by atoms with Crippen LogP contribution in [0.3, 0.4) is 0 Å². The molecule has 1 saturated heterocycles. The first kappa shape index (κ1) is 22.3. The van der Waals surface area contributed by atoms with Gasteiger partial charge in [0.25, 0.3) is 0 Å². The lowest BCUT2D eigenvalue weighted by atomic mass is 9.76. The minimum Gasteiger partial charge on any atom is -0.317 e. The van der Waals surface area contributed by atoms with Gasteiger partial charge in [0.05, 0.1) is 23.7 Å².